The van der Waals surface area contributed by atoms with Crippen LogP contribution in [-0.2, 0) is 21.0 Å². The number of benzene rings is 1. The molecule has 0 aliphatic carbocycles. The minimum atomic E-state index is -0.334. The van der Waals surface area contributed by atoms with Crippen LogP contribution >= 0.6 is 0 Å². The van der Waals surface area contributed by atoms with Crippen molar-refractivity contribution in [2.75, 3.05) is 6.61 Å². The Morgan fingerprint density at radius 3 is 2.00 bits per heavy atom. The molecule has 2 amide bonds. The molecule has 0 atom stereocenters. The Balaban J connectivity index is 1.82. The molecule has 2 N–H and O–H groups in total. The molecular weight excluding hydrogens is 380 g/mol. The summed E-state index contributed by atoms with van der Waals surface area (Å²) in [6.07, 6.45) is 10.1. The zero-order valence-electron chi connectivity index (χ0n) is 19.0. The van der Waals surface area contributed by atoms with Crippen molar-refractivity contribution in [1.82, 2.24) is 10.8 Å². The standard InChI is InChI=1S/C24H40N2O4/c1-24(2,3)25-23(28)29-19-15-10-8-6-4-5-7-9-14-18-22(27)26-30-20-21-16-12-11-13-17-21/h11-13,16-17H,4-10,14-15,18-20H2,1-3H3,(H,25,28)(H,26,27). The first-order valence-electron chi connectivity index (χ1n) is 11.3. The molecule has 0 saturated heterocycles. The molecule has 1 aromatic rings. The van der Waals surface area contributed by atoms with Crippen molar-refractivity contribution >= 4 is 12.0 Å². The maximum absolute atomic E-state index is 11.7. The van der Waals surface area contributed by atoms with Crippen LogP contribution in [-0.4, -0.2) is 24.1 Å². The number of unbranched alkanes of at least 4 members (excludes halogenated alkanes) is 8. The molecule has 6 nitrogen and oxygen atoms in total. The van der Waals surface area contributed by atoms with E-state index >= 15 is 0 Å². The number of hydrogen-bond acceptors (Lipinski definition) is 4. The molecule has 0 aromatic heterocycles. The molecule has 0 aliphatic heterocycles. The number of hydroxylamine groups is 1. The van der Waals surface area contributed by atoms with Gasteiger partial charge in [-0.3, -0.25) is 9.63 Å². The normalized spacial score (nSPS) is 11.2. The molecular formula is C24H40N2O4. The maximum atomic E-state index is 11.7. The van der Waals surface area contributed by atoms with Crippen molar-refractivity contribution in [2.45, 2.75) is 97.1 Å². The fraction of sp³-hybridized carbons (Fsp3) is 0.667. The quantitative estimate of drug-likeness (QED) is 0.283. The predicted octanol–water partition coefficient (Wildman–Crippen LogP) is 5.66. The van der Waals surface area contributed by atoms with Gasteiger partial charge in [0.25, 0.3) is 0 Å². The van der Waals surface area contributed by atoms with E-state index in [0.29, 0.717) is 19.6 Å². The number of nitrogens with one attached hydrogen (secondary N) is 2. The lowest BCUT2D eigenvalue weighted by atomic mass is 10.1. The number of ether oxygens (including phenoxy) is 1. The van der Waals surface area contributed by atoms with Crippen LogP contribution in [0.5, 0.6) is 0 Å². The van der Waals surface area contributed by atoms with Gasteiger partial charge in [-0.05, 0) is 39.2 Å². The minimum Gasteiger partial charge on any atom is -0.450 e. The van der Waals surface area contributed by atoms with Crippen LogP contribution in [0.4, 0.5) is 4.79 Å². The topological polar surface area (TPSA) is 76.7 Å². The van der Waals surface area contributed by atoms with E-state index in [-0.39, 0.29) is 17.5 Å². The Kier molecular flexibility index (Phi) is 13.6. The van der Waals surface area contributed by atoms with Gasteiger partial charge in [0.15, 0.2) is 0 Å². The molecule has 0 heterocycles. The summed E-state index contributed by atoms with van der Waals surface area (Å²) in [7, 11) is 0. The Bertz CT molecular complexity index is 585. The van der Waals surface area contributed by atoms with E-state index in [4.69, 9.17) is 9.57 Å². The summed E-state index contributed by atoms with van der Waals surface area (Å²) in [6, 6.07) is 9.78. The smallest absolute Gasteiger partial charge is 0.407 e. The van der Waals surface area contributed by atoms with Crippen molar-refractivity contribution < 1.29 is 19.2 Å². The van der Waals surface area contributed by atoms with Gasteiger partial charge in [0.2, 0.25) is 5.91 Å². The fourth-order valence-electron chi connectivity index (χ4n) is 2.96. The average molecular weight is 421 g/mol. The third kappa shape index (κ3) is 15.8. The van der Waals surface area contributed by atoms with Crippen molar-refractivity contribution in [3.63, 3.8) is 0 Å². The van der Waals surface area contributed by atoms with E-state index in [1.165, 1.54) is 25.7 Å². The first-order chi connectivity index (χ1) is 14.4. The molecule has 0 aliphatic rings. The summed E-state index contributed by atoms with van der Waals surface area (Å²) in [5.74, 6) is -0.0515. The second-order valence-electron chi connectivity index (χ2n) is 8.74. The predicted molar refractivity (Wildman–Crippen MR) is 120 cm³/mol. The van der Waals surface area contributed by atoms with Gasteiger partial charge in [-0.2, -0.15) is 0 Å². The fourth-order valence-corrected chi connectivity index (χ4v) is 2.96. The molecule has 6 heteroatoms. The molecule has 0 radical (unpaired) electrons. The summed E-state index contributed by atoms with van der Waals surface area (Å²) in [4.78, 5) is 28.5. The molecule has 170 valence electrons. The van der Waals surface area contributed by atoms with Crippen LogP contribution < -0.4 is 10.8 Å². The number of carbonyl (C=O) groups is 2. The number of hydrogen-bond donors (Lipinski definition) is 2. The lowest BCUT2D eigenvalue weighted by Crippen LogP contribution is -2.41. The zero-order chi connectivity index (χ0) is 22.1. The lowest BCUT2D eigenvalue weighted by Gasteiger charge is -2.19. The third-order valence-electron chi connectivity index (χ3n) is 4.53. The zero-order valence-corrected chi connectivity index (χ0v) is 19.0. The molecule has 1 aromatic carbocycles. The van der Waals surface area contributed by atoms with Gasteiger partial charge < -0.3 is 10.1 Å². The Hall–Kier alpha value is -2.08. The van der Waals surface area contributed by atoms with Crippen LogP contribution in [0.1, 0.15) is 90.5 Å². The van der Waals surface area contributed by atoms with Crippen LogP contribution in [0.25, 0.3) is 0 Å². The molecule has 1 rings (SSSR count). The van der Waals surface area contributed by atoms with E-state index in [1.807, 2.05) is 51.1 Å². The molecule has 30 heavy (non-hydrogen) atoms. The minimum absolute atomic E-state index is 0.0515. The largest absolute Gasteiger partial charge is 0.450 e. The molecule has 0 unspecified atom stereocenters. The van der Waals surface area contributed by atoms with E-state index < -0.39 is 0 Å². The number of amides is 2. The molecule has 0 spiro atoms. The highest BCUT2D eigenvalue weighted by Crippen LogP contribution is 2.11. The van der Waals surface area contributed by atoms with Crippen molar-refractivity contribution in [1.29, 1.82) is 0 Å². The van der Waals surface area contributed by atoms with Crippen LogP contribution in [0.3, 0.4) is 0 Å². The monoisotopic (exact) mass is 420 g/mol. The highest BCUT2D eigenvalue weighted by atomic mass is 16.6. The number of rotatable bonds is 15. The van der Waals surface area contributed by atoms with E-state index in [9.17, 15) is 9.59 Å². The van der Waals surface area contributed by atoms with E-state index in [0.717, 1.165) is 37.7 Å². The second-order valence-corrected chi connectivity index (χ2v) is 8.74. The van der Waals surface area contributed by atoms with Crippen molar-refractivity contribution in [3.8, 4) is 0 Å². The van der Waals surface area contributed by atoms with Gasteiger partial charge >= 0.3 is 6.09 Å². The second kappa shape index (κ2) is 15.7. The molecule has 0 bridgehead atoms. The average Bonchev–Trinajstić information content (AvgIpc) is 2.68. The summed E-state index contributed by atoms with van der Waals surface area (Å²) < 4.78 is 5.16. The third-order valence-corrected chi connectivity index (χ3v) is 4.53. The van der Waals surface area contributed by atoms with Crippen molar-refractivity contribution in [3.05, 3.63) is 35.9 Å². The first kappa shape index (κ1) is 26.0. The van der Waals surface area contributed by atoms with E-state index in [1.54, 1.807) is 0 Å². The maximum Gasteiger partial charge on any atom is 0.407 e. The first-order valence-corrected chi connectivity index (χ1v) is 11.3. The highest BCUT2D eigenvalue weighted by molar-refractivity contribution is 5.74. The van der Waals surface area contributed by atoms with Gasteiger partial charge in [-0.1, -0.05) is 75.3 Å². The molecule has 0 saturated carbocycles. The Labute approximate surface area is 182 Å². The summed E-state index contributed by atoms with van der Waals surface area (Å²) >= 11 is 0. The van der Waals surface area contributed by atoms with Gasteiger partial charge in [0.1, 0.15) is 0 Å². The Morgan fingerprint density at radius 1 is 0.833 bits per heavy atom. The summed E-state index contributed by atoms with van der Waals surface area (Å²) in [6.45, 7) is 6.68. The van der Waals surface area contributed by atoms with Gasteiger partial charge in [0.05, 0.1) is 13.2 Å². The van der Waals surface area contributed by atoms with Gasteiger partial charge in [-0.15, -0.1) is 0 Å². The molecule has 0 fully saturated rings. The summed E-state index contributed by atoms with van der Waals surface area (Å²) in [5, 5.41) is 2.79. The van der Waals surface area contributed by atoms with E-state index in [2.05, 4.69) is 10.8 Å². The Morgan fingerprint density at radius 2 is 1.40 bits per heavy atom. The van der Waals surface area contributed by atoms with Crippen LogP contribution in [0.15, 0.2) is 30.3 Å². The SMILES string of the molecule is CC(C)(C)NC(=O)OCCCCCCCCCCCC(=O)NOCc1ccccc1. The highest BCUT2D eigenvalue weighted by Gasteiger charge is 2.13. The lowest BCUT2D eigenvalue weighted by molar-refractivity contribution is -0.134. The van der Waals surface area contributed by atoms with Gasteiger partial charge in [0, 0.05) is 12.0 Å². The van der Waals surface area contributed by atoms with Crippen LogP contribution in [0, 0.1) is 0 Å². The van der Waals surface area contributed by atoms with Gasteiger partial charge in [-0.25, -0.2) is 10.3 Å². The number of carbonyl (C=O) groups excluding carboxylic acids is 2. The van der Waals surface area contributed by atoms with Crippen molar-refractivity contribution in [2.24, 2.45) is 0 Å². The number of alkyl carbamates (subject to hydrolysis) is 1. The van der Waals surface area contributed by atoms with Crippen LogP contribution in [0.2, 0.25) is 0 Å². The summed E-state index contributed by atoms with van der Waals surface area (Å²) in [5.41, 5.74) is 3.30.